The van der Waals surface area contributed by atoms with Crippen LogP contribution in [0.4, 0.5) is 0 Å². The van der Waals surface area contributed by atoms with Gasteiger partial charge in [0, 0.05) is 17.9 Å². The number of carboxylic acids is 1. The van der Waals surface area contributed by atoms with Crippen LogP contribution in [-0.2, 0) is 20.7 Å². The van der Waals surface area contributed by atoms with Crippen molar-refractivity contribution in [3.63, 3.8) is 0 Å². The van der Waals surface area contributed by atoms with Gasteiger partial charge in [0.25, 0.3) is 0 Å². The maximum absolute atomic E-state index is 12.4. The summed E-state index contributed by atoms with van der Waals surface area (Å²) < 4.78 is 11.2. The molecule has 0 aliphatic carbocycles. The maximum Gasteiger partial charge on any atom is 0.326 e. The SMILES string of the molecule is O=C(Cc1cc2c(ccc3ccccc32)o1)NC(C(=O)O)C1CCCOC1. The minimum Gasteiger partial charge on any atom is -0.480 e. The summed E-state index contributed by atoms with van der Waals surface area (Å²) in [4.78, 5) is 24.0. The van der Waals surface area contributed by atoms with E-state index in [2.05, 4.69) is 5.32 Å². The number of aliphatic carboxylic acids is 1. The fourth-order valence-corrected chi connectivity index (χ4v) is 3.72. The van der Waals surface area contributed by atoms with Crippen molar-refractivity contribution in [1.82, 2.24) is 5.32 Å². The average molecular weight is 367 g/mol. The maximum atomic E-state index is 12.4. The second-order valence-corrected chi connectivity index (χ2v) is 6.95. The van der Waals surface area contributed by atoms with Crippen molar-refractivity contribution in [3.8, 4) is 0 Å². The van der Waals surface area contributed by atoms with Crippen molar-refractivity contribution in [3.05, 3.63) is 48.2 Å². The molecule has 0 bridgehead atoms. The Labute approximate surface area is 156 Å². The minimum atomic E-state index is -1.03. The Bertz CT molecular complexity index is 987. The smallest absolute Gasteiger partial charge is 0.326 e. The third kappa shape index (κ3) is 3.66. The van der Waals surface area contributed by atoms with Crippen LogP contribution in [0.25, 0.3) is 21.7 Å². The van der Waals surface area contributed by atoms with Crippen molar-refractivity contribution >= 4 is 33.6 Å². The lowest BCUT2D eigenvalue weighted by Crippen LogP contribution is -2.48. The highest BCUT2D eigenvalue weighted by Gasteiger charge is 2.31. The Morgan fingerprint density at radius 3 is 2.81 bits per heavy atom. The van der Waals surface area contributed by atoms with Crippen molar-refractivity contribution in [2.75, 3.05) is 13.2 Å². The monoisotopic (exact) mass is 367 g/mol. The molecule has 1 amide bonds. The Morgan fingerprint density at radius 1 is 1.19 bits per heavy atom. The molecule has 1 aromatic heterocycles. The Kier molecular flexibility index (Phi) is 4.81. The number of hydrogen-bond donors (Lipinski definition) is 2. The fraction of sp³-hybridized carbons (Fsp3) is 0.333. The normalized spacial score (nSPS) is 18.4. The molecule has 3 aromatic rings. The summed E-state index contributed by atoms with van der Waals surface area (Å²) in [7, 11) is 0. The van der Waals surface area contributed by atoms with Crippen LogP contribution in [-0.4, -0.2) is 36.2 Å². The lowest BCUT2D eigenvalue weighted by Gasteiger charge is -2.28. The second-order valence-electron chi connectivity index (χ2n) is 6.95. The zero-order valence-electron chi connectivity index (χ0n) is 14.8. The van der Waals surface area contributed by atoms with Gasteiger partial charge in [0.15, 0.2) is 0 Å². The zero-order chi connectivity index (χ0) is 18.8. The second kappa shape index (κ2) is 7.40. The van der Waals surface area contributed by atoms with Gasteiger partial charge in [-0.25, -0.2) is 4.79 Å². The van der Waals surface area contributed by atoms with Gasteiger partial charge in [-0.1, -0.05) is 30.3 Å². The molecule has 1 aliphatic heterocycles. The van der Waals surface area contributed by atoms with Crippen LogP contribution in [0.5, 0.6) is 0 Å². The van der Waals surface area contributed by atoms with Crippen LogP contribution >= 0.6 is 0 Å². The molecule has 1 saturated heterocycles. The van der Waals surface area contributed by atoms with Gasteiger partial charge in [0.1, 0.15) is 17.4 Å². The van der Waals surface area contributed by atoms with E-state index in [1.54, 1.807) is 0 Å². The fourth-order valence-electron chi connectivity index (χ4n) is 3.72. The predicted molar refractivity (Wildman–Crippen MR) is 101 cm³/mol. The van der Waals surface area contributed by atoms with E-state index in [9.17, 15) is 14.7 Å². The number of amides is 1. The highest BCUT2D eigenvalue weighted by atomic mass is 16.5. The zero-order valence-corrected chi connectivity index (χ0v) is 14.8. The molecule has 0 radical (unpaired) electrons. The van der Waals surface area contributed by atoms with Gasteiger partial charge in [-0.15, -0.1) is 0 Å². The molecular formula is C21H21NO5. The third-order valence-corrected chi connectivity index (χ3v) is 5.06. The van der Waals surface area contributed by atoms with Gasteiger partial charge in [-0.2, -0.15) is 0 Å². The standard InChI is InChI=1S/C21H21NO5/c23-19(22-20(21(24)25)14-5-3-9-26-12-14)11-15-10-17-16-6-2-1-4-13(16)7-8-18(17)27-15/h1-2,4,6-8,10,14,20H,3,5,9,11-12H2,(H,22,23)(H,24,25). The van der Waals surface area contributed by atoms with Crippen molar-refractivity contribution in [2.45, 2.75) is 25.3 Å². The molecule has 2 atom stereocenters. The average Bonchev–Trinajstić information content (AvgIpc) is 3.09. The topological polar surface area (TPSA) is 88.8 Å². The highest BCUT2D eigenvalue weighted by molar-refractivity contribution is 6.06. The molecule has 0 saturated carbocycles. The van der Waals surface area contributed by atoms with E-state index in [-0.39, 0.29) is 18.2 Å². The molecular weight excluding hydrogens is 346 g/mol. The summed E-state index contributed by atoms with van der Waals surface area (Å²) in [6, 6.07) is 12.8. The van der Waals surface area contributed by atoms with Crippen molar-refractivity contribution in [2.24, 2.45) is 5.92 Å². The highest BCUT2D eigenvalue weighted by Crippen LogP contribution is 2.28. The van der Waals surface area contributed by atoms with E-state index in [0.717, 1.165) is 29.0 Å². The molecule has 27 heavy (non-hydrogen) atoms. The molecule has 6 nitrogen and oxygen atoms in total. The summed E-state index contributed by atoms with van der Waals surface area (Å²) >= 11 is 0. The first-order valence-corrected chi connectivity index (χ1v) is 9.12. The number of hydrogen-bond acceptors (Lipinski definition) is 4. The molecule has 1 fully saturated rings. The van der Waals surface area contributed by atoms with Gasteiger partial charge in [0.2, 0.25) is 5.91 Å². The summed E-state index contributed by atoms with van der Waals surface area (Å²) in [5, 5.41) is 15.2. The first-order chi connectivity index (χ1) is 13.1. The van der Waals surface area contributed by atoms with Crippen LogP contribution < -0.4 is 5.32 Å². The largest absolute Gasteiger partial charge is 0.480 e. The Balaban J connectivity index is 1.51. The predicted octanol–water partition coefficient (Wildman–Crippen LogP) is 3.12. The van der Waals surface area contributed by atoms with E-state index < -0.39 is 12.0 Å². The van der Waals surface area contributed by atoms with E-state index in [1.807, 2.05) is 42.5 Å². The number of rotatable bonds is 5. The number of carbonyl (C=O) groups is 2. The Hall–Kier alpha value is -2.86. The lowest BCUT2D eigenvalue weighted by atomic mass is 9.93. The number of carbonyl (C=O) groups excluding carboxylic acids is 1. The first-order valence-electron chi connectivity index (χ1n) is 9.12. The van der Waals surface area contributed by atoms with Crippen LogP contribution in [0.15, 0.2) is 46.9 Å². The first kappa shape index (κ1) is 17.5. The van der Waals surface area contributed by atoms with E-state index in [0.29, 0.717) is 24.6 Å². The van der Waals surface area contributed by atoms with E-state index in [4.69, 9.17) is 9.15 Å². The van der Waals surface area contributed by atoms with Gasteiger partial charge < -0.3 is 19.6 Å². The van der Waals surface area contributed by atoms with Crippen molar-refractivity contribution in [1.29, 1.82) is 0 Å². The van der Waals surface area contributed by atoms with Gasteiger partial charge in [0.05, 0.1) is 13.0 Å². The summed E-state index contributed by atoms with van der Waals surface area (Å²) in [5.41, 5.74) is 0.715. The summed E-state index contributed by atoms with van der Waals surface area (Å²) in [6.07, 6.45) is 1.54. The summed E-state index contributed by atoms with van der Waals surface area (Å²) in [6.45, 7) is 0.998. The number of nitrogens with one attached hydrogen (secondary N) is 1. The summed E-state index contributed by atoms with van der Waals surface area (Å²) in [5.74, 6) is -1.09. The Morgan fingerprint density at radius 2 is 2.04 bits per heavy atom. The van der Waals surface area contributed by atoms with Crippen LogP contribution in [0.1, 0.15) is 18.6 Å². The number of benzene rings is 2. The quantitative estimate of drug-likeness (QED) is 0.723. The van der Waals surface area contributed by atoms with Crippen molar-refractivity contribution < 1.29 is 23.8 Å². The van der Waals surface area contributed by atoms with Crippen LogP contribution in [0.3, 0.4) is 0 Å². The van der Waals surface area contributed by atoms with E-state index >= 15 is 0 Å². The molecule has 2 aromatic carbocycles. The van der Waals surface area contributed by atoms with Crippen LogP contribution in [0, 0.1) is 5.92 Å². The minimum absolute atomic E-state index is 0.000361. The molecule has 6 heteroatoms. The van der Waals surface area contributed by atoms with Gasteiger partial charge in [-0.3, -0.25) is 4.79 Å². The molecule has 0 spiro atoms. The third-order valence-electron chi connectivity index (χ3n) is 5.06. The van der Waals surface area contributed by atoms with Crippen LogP contribution in [0.2, 0.25) is 0 Å². The molecule has 1 aliphatic rings. The molecule has 4 rings (SSSR count). The molecule has 2 N–H and O–H groups in total. The number of carboxylic acid groups (broad SMARTS) is 1. The number of furan rings is 1. The van der Waals surface area contributed by atoms with Gasteiger partial charge in [-0.05, 0) is 35.7 Å². The molecule has 140 valence electrons. The number of fused-ring (bicyclic) bond motifs is 3. The van der Waals surface area contributed by atoms with E-state index in [1.165, 1.54) is 0 Å². The lowest BCUT2D eigenvalue weighted by molar-refractivity contribution is -0.145. The molecule has 2 unspecified atom stereocenters. The molecule has 2 heterocycles. The number of ether oxygens (including phenoxy) is 1. The van der Waals surface area contributed by atoms with Gasteiger partial charge >= 0.3 is 5.97 Å².